The molecule has 2 aromatic rings. The van der Waals surface area contributed by atoms with Crippen molar-refractivity contribution < 1.29 is 18.7 Å². The molecule has 0 heterocycles. The summed E-state index contributed by atoms with van der Waals surface area (Å²) in [6, 6.07) is 12.4. The quantitative estimate of drug-likeness (QED) is 0.675. The van der Waals surface area contributed by atoms with E-state index < -0.39 is 11.7 Å². The fraction of sp³-hybridized carbons (Fsp3) is 0.222. The molecular weight excluding hydrogens is 325 g/mol. The number of nitrogens with one attached hydrogen (secondary N) is 3. The van der Waals surface area contributed by atoms with Crippen LogP contribution in [0.1, 0.15) is 16.8 Å². The van der Waals surface area contributed by atoms with Crippen LogP contribution in [0.4, 0.5) is 14.9 Å². The third kappa shape index (κ3) is 5.80. The van der Waals surface area contributed by atoms with Gasteiger partial charge in [-0.2, -0.15) is 0 Å². The van der Waals surface area contributed by atoms with E-state index in [-0.39, 0.29) is 11.6 Å². The summed E-state index contributed by atoms with van der Waals surface area (Å²) >= 11 is 0. The van der Waals surface area contributed by atoms with Crippen LogP contribution in [0.15, 0.2) is 48.5 Å². The van der Waals surface area contributed by atoms with Gasteiger partial charge in [-0.1, -0.05) is 12.1 Å². The molecule has 0 aromatic heterocycles. The van der Waals surface area contributed by atoms with E-state index in [9.17, 15) is 14.0 Å². The van der Waals surface area contributed by atoms with Crippen LogP contribution in [0.25, 0.3) is 0 Å². The number of hydrogen-bond acceptors (Lipinski definition) is 3. The zero-order chi connectivity index (χ0) is 18.1. The minimum atomic E-state index is -0.558. The topological polar surface area (TPSA) is 79.5 Å². The third-order valence-corrected chi connectivity index (χ3v) is 3.39. The number of carbonyl (C=O) groups excluding carboxylic acids is 2. The van der Waals surface area contributed by atoms with E-state index in [0.29, 0.717) is 30.9 Å². The normalized spacial score (nSPS) is 10.0. The monoisotopic (exact) mass is 345 g/mol. The molecule has 25 heavy (non-hydrogen) atoms. The van der Waals surface area contributed by atoms with Crippen LogP contribution in [-0.2, 0) is 0 Å². The fourth-order valence-electron chi connectivity index (χ4n) is 2.08. The van der Waals surface area contributed by atoms with Crippen LogP contribution in [-0.4, -0.2) is 32.1 Å². The van der Waals surface area contributed by atoms with Crippen molar-refractivity contribution >= 4 is 17.6 Å². The van der Waals surface area contributed by atoms with E-state index in [1.165, 1.54) is 18.2 Å². The van der Waals surface area contributed by atoms with Crippen molar-refractivity contribution in [2.24, 2.45) is 0 Å². The standard InChI is InChI=1S/C18H20FN3O3/c1-25-14-9-7-13(8-10-14)22-18(24)21-12-4-11-20-17(23)15-5-2-3-6-16(15)19/h2-3,5-10H,4,11-12H2,1H3,(H,20,23)(H2,21,22,24). The van der Waals surface area contributed by atoms with Crippen molar-refractivity contribution in [3.63, 3.8) is 0 Å². The maximum atomic E-state index is 13.4. The number of methoxy groups -OCH3 is 1. The van der Waals surface area contributed by atoms with E-state index in [2.05, 4.69) is 16.0 Å². The van der Waals surface area contributed by atoms with E-state index in [1.54, 1.807) is 37.4 Å². The van der Waals surface area contributed by atoms with Gasteiger partial charge in [0.15, 0.2) is 0 Å². The van der Waals surface area contributed by atoms with Crippen molar-refractivity contribution in [1.82, 2.24) is 10.6 Å². The van der Waals surface area contributed by atoms with E-state index in [1.807, 2.05) is 0 Å². The van der Waals surface area contributed by atoms with Crippen LogP contribution in [0.3, 0.4) is 0 Å². The average Bonchev–Trinajstić information content (AvgIpc) is 2.62. The Morgan fingerprint density at radius 1 is 1.00 bits per heavy atom. The minimum absolute atomic E-state index is 0.00714. The van der Waals surface area contributed by atoms with Crippen LogP contribution >= 0.6 is 0 Å². The molecule has 0 aliphatic carbocycles. The van der Waals surface area contributed by atoms with Crippen molar-refractivity contribution in [3.8, 4) is 5.75 Å². The largest absolute Gasteiger partial charge is 0.497 e. The van der Waals surface area contributed by atoms with Crippen LogP contribution in [0, 0.1) is 5.82 Å². The molecule has 3 amide bonds. The summed E-state index contributed by atoms with van der Waals surface area (Å²) in [6.45, 7) is 0.704. The highest BCUT2D eigenvalue weighted by molar-refractivity contribution is 5.94. The Labute approximate surface area is 145 Å². The summed E-state index contributed by atoms with van der Waals surface area (Å²) in [5.41, 5.74) is 0.652. The molecule has 2 aromatic carbocycles. The molecule has 2 rings (SSSR count). The van der Waals surface area contributed by atoms with Crippen molar-refractivity contribution in [2.75, 3.05) is 25.5 Å². The number of rotatable bonds is 7. The zero-order valence-corrected chi connectivity index (χ0v) is 13.8. The van der Waals surface area contributed by atoms with Crippen LogP contribution < -0.4 is 20.7 Å². The molecule has 0 saturated carbocycles. The highest BCUT2D eigenvalue weighted by Gasteiger charge is 2.09. The molecular formula is C18H20FN3O3. The van der Waals surface area contributed by atoms with Gasteiger partial charge >= 0.3 is 6.03 Å². The molecule has 132 valence electrons. The summed E-state index contributed by atoms with van der Waals surface area (Å²) in [5.74, 6) is -0.325. The number of amides is 3. The molecule has 0 saturated heterocycles. The van der Waals surface area contributed by atoms with Gasteiger partial charge in [0.25, 0.3) is 5.91 Å². The highest BCUT2D eigenvalue weighted by atomic mass is 19.1. The van der Waals surface area contributed by atoms with Gasteiger partial charge in [-0.25, -0.2) is 9.18 Å². The Morgan fingerprint density at radius 2 is 1.68 bits per heavy atom. The molecule has 0 aliphatic heterocycles. The van der Waals surface area contributed by atoms with Gasteiger partial charge in [0.05, 0.1) is 12.7 Å². The number of carbonyl (C=O) groups is 2. The molecule has 0 spiro atoms. The number of anilines is 1. The first kappa shape index (κ1) is 18.3. The average molecular weight is 345 g/mol. The Bertz CT molecular complexity index is 720. The lowest BCUT2D eigenvalue weighted by molar-refractivity contribution is 0.0949. The van der Waals surface area contributed by atoms with Crippen LogP contribution in [0.2, 0.25) is 0 Å². The lowest BCUT2D eigenvalue weighted by atomic mass is 10.2. The molecule has 0 aliphatic rings. The van der Waals surface area contributed by atoms with Gasteiger partial charge in [0.2, 0.25) is 0 Å². The Morgan fingerprint density at radius 3 is 2.36 bits per heavy atom. The second-order valence-corrected chi connectivity index (χ2v) is 5.20. The third-order valence-electron chi connectivity index (χ3n) is 3.39. The molecule has 0 bridgehead atoms. The van der Waals surface area contributed by atoms with Gasteiger partial charge in [-0.15, -0.1) is 0 Å². The number of ether oxygens (including phenoxy) is 1. The number of urea groups is 1. The lowest BCUT2D eigenvalue weighted by Crippen LogP contribution is -2.32. The number of benzene rings is 2. The second-order valence-electron chi connectivity index (χ2n) is 5.20. The SMILES string of the molecule is COc1ccc(NC(=O)NCCCNC(=O)c2ccccc2F)cc1. The molecule has 0 unspecified atom stereocenters. The fourth-order valence-corrected chi connectivity index (χ4v) is 2.08. The predicted molar refractivity (Wildman–Crippen MR) is 93.4 cm³/mol. The molecule has 3 N–H and O–H groups in total. The van der Waals surface area contributed by atoms with E-state index >= 15 is 0 Å². The Kier molecular flexibility index (Phi) is 6.76. The van der Waals surface area contributed by atoms with Gasteiger partial charge < -0.3 is 20.7 Å². The smallest absolute Gasteiger partial charge is 0.319 e. The molecule has 0 radical (unpaired) electrons. The molecule has 6 nitrogen and oxygen atoms in total. The predicted octanol–water partition coefficient (Wildman–Crippen LogP) is 2.78. The van der Waals surface area contributed by atoms with Crippen molar-refractivity contribution in [2.45, 2.75) is 6.42 Å². The van der Waals surface area contributed by atoms with Gasteiger partial charge in [-0.05, 0) is 42.8 Å². The number of hydrogen-bond donors (Lipinski definition) is 3. The summed E-state index contributed by atoms with van der Waals surface area (Å²) in [5, 5.41) is 7.97. The maximum absolute atomic E-state index is 13.4. The zero-order valence-electron chi connectivity index (χ0n) is 13.8. The second kappa shape index (κ2) is 9.27. The summed E-state index contributed by atoms with van der Waals surface area (Å²) in [4.78, 5) is 23.5. The first-order valence-corrected chi connectivity index (χ1v) is 7.82. The Hall–Kier alpha value is -3.09. The molecule has 7 heteroatoms. The number of halogens is 1. The first-order chi connectivity index (χ1) is 12.1. The van der Waals surface area contributed by atoms with Gasteiger partial charge in [0.1, 0.15) is 11.6 Å². The van der Waals surface area contributed by atoms with Gasteiger partial charge in [0, 0.05) is 18.8 Å². The summed E-state index contributed by atoms with van der Waals surface area (Å²) < 4.78 is 18.5. The molecule has 0 atom stereocenters. The van der Waals surface area contributed by atoms with E-state index in [4.69, 9.17) is 4.74 Å². The van der Waals surface area contributed by atoms with Crippen molar-refractivity contribution in [3.05, 3.63) is 59.9 Å². The highest BCUT2D eigenvalue weighted by Crippen LogP contribution is 2.14. The first-order valence-electron chi connectivity index (χ1n) is 7.82. The maximum Gasteiger partial charge on any atom is 0.319 e. The van der Waals surface area contributed by atoms with Crippen molar-refractivity contribution in [1.29, 1.82) is 0 Å². The minimum Gasteiger partial charge on any atom is -0.497 e. The summed E-state index contributed by atoms with van der Waals surface area (Å²) in [6.07, 6.45) is 0.524. The molecule has 0 fully saturated rings. The van der Waals surface area contributed by atoms with E-state index in [0.717, 1.165) is 0 Å². The lowest BCUT2D eigenvalue weighted by Gasteiger charge is -2.09. The Balaban J connectivity index is 1.64. The van der Waals surface area contributed by atoms with Crippen LogP contribution in [0.5, 0.6) is 5.75 Å². The van der Waals surface area contributed by atoms with Gasteiger partial charge in [-0.3, -0.25) is 4.79 Å². The summed E-state index contributed by atoms with van der Waals surface area (Å²) in [7, 11) is 1.57.